The van der Waals surface area contributed by atoms with Gasteiger partial charge in [-0.05, 0) is 48.0 Å². The fourth-order valence-electron chi connectivity index (χ4n) is 0.886. The van der Waals surface area contributed by atoms with Gasteiger partial charge in [0.2, 0.25) is 0 Å². The SMILES string of the molecule is CC(Cc1ccsc1)N=C=S. The van der Waals surface area contributed by atoms with Gasteiger partial charge in [-0.3, -0.25) is 0 Å². The summed E-state index contributed by atoms with van der Waals surface area (Å²) >= 11 is 6.22. The van der Waals surface area contributed by atoms with Gasteiger partial charge in [0.25, 0.3) is 0 Å². The molecule has 0 aliphatic rings. The largest absolute Gasteiger partial charge is 0.229 e. The highest BCUT2D eigenvalue weighted by Crippen LogP contribution is 2.09. The molecule has 1 nitrogen and oxygen atoms in total. The van der Waals surface area contributed by atoms with Crippen molar-refractivity contribution in [2.45, 2.75) is 19.4 Å². The quantitative estimate of drug-likeness (QED) is 0.518. The zero-order valence-corrected chi connectivity index (χ0v) is 7.91. The molecule has 58 valence electrons. The van der Waals surface area contributed by atoms with Crippen LogP contribution in [0.4, 0.5) is 0 Å². The van der Waals surface area contributed by atoms with Gasteiger partial charge in [-0.25, -0.2) is 4.99 Å². The minimum absolute atomic E-state index is 0.266. The highest BCUT2D eigenvalue weighted by molar-refractivity contribution is 7.78. The Morgan fingerprint density at radius 1 is 1.82 bits per heavy atom. The zero-order chi connectivity index (χ0) is 8.10. The van der Waals surface area contributed by atoms with E-state index < -0.39 is 0 Å². The number of thiocarbonyl (C=S) groups is 1. The fraction of sp³-hybridized carbons (Fsp3) is 0.375. The molecule has 11 heavy (non-hydrogen) atoms. The molecule has 0 aromatic carbocycles. The first-order valence-electron chi connectivity index (χ1n) is 3.41. The molecule has 0 amide bonds. The number of hydrogen-bond acceptors (Lipinski definition) is 3. The summed E-state index contributed by atoms with van der Waals surface area (Å²) in [5.74, 6) is 0. The number of nitrogens with zero attached hydrogens (tertiary/aromatic N) is 1. The minimum Gasteiger partial charge on any atom is -0.229 e. The van der Waals surface area contributed by atoms with E-state index in [0.717, 1.165) is 6.42 Å². The molecule has 0 radical (unpaired) electrons. The van der Waals surface area contributed by atoms with Crippen molar-refractivity contribution < 1.29 is 0 Å². The lowest BCUT2D eigenvalue weighted by molar-refractivity contribution is 0.748. The Balaban J connectivity index is 2.49. The van der Waals surface area contributed by atoms with Crippen molar-refractivity contribution in [3.63, 3.8) is 0 Å². The van der Waals surface area contributed by atoms with Crippen LogP contribution in [0.15, 0.2) is 21.8 Å². The Hall–Kier alpha value is -0.500. The molecule has 1 unspecified atom stereocenters. The van der Waals surface area contributed by atoms with Crippen LogP contribution in [0.25, 0.3) is 0 Å². The second-order valence-corrected chi connectivity index (χ2v) is 3.37. The van der Waals surface area contributed by atoms with Crippen molar-refractivity contribution in [3.05, 3.63) is 22.4 Å². The van der Waals surface area contributed by atoms with Gasteiger partial charge in [0.05, 0.1) is 11.2 Å². The summed E-state index contributed by atoms with van der Waals surface area (Å²) in [4.78, 5) is 3.97. The second-order valence-electron chi connectivity index (χ2n) is 2.41. The zero-order valence-electron chi connectivity index (χ0n) is 6.28. The fourth-order valence-corrected chi connectivity index (χ4v) is 1.75. The van der Waals surface area contributed by atoms with Crippen molar-refractivity contribution in [3.8, 4) is 0 Å². The van der Waals surface area contributed by atoms with Crippen molar-refractivity contribution in [2.75, 3.05) is 0 Å². The van der Waals surface area contributed by atoms with Crippen LogP contribution < -0.4 is 0 Å². The Bertz CT molecular complexity index is 247. The molecule has 1 aromatic heterocycles. The van der Waals surface area contributed by atoms with E-state index in [1.54, 1.807) is 11.3 Å². The molecule has 0 fully saturated rings. The van der Waals surface area contributed by atoms with E-state index in [0.29, 0.717) is 0 Å². The molecule has 0 aliphatic heterocycles. The van der Waals surface area contributed by atoms with Crippen LogP contribution in [0.5, 0.6) is 0 Å². The third-order valence-electron chi connectivity index (χ3n) is 1.38. The van der Waals surface area contributed by atoms with E-state index in [-0.39, 0.29) is 6.04 Å². The van der Waals surface area contributed by atoms with Crippen LogP contribution in [-0.2, 0) is 6.42 Å². The van der Waals surface area contributed by atoms with Crippen LogP contribution in [0.3, 0.4) is 0 Å². The molecule has 1 heterocycles. The Kier molecular flexibility index (Phi) is 3.43. The predicted molar refractivity (Wildman–Crippen MR) is 52.5 cm³/mol. The summed E-state index contributed by atoms with van der Waals surface area (Å²) in [6.07, 6.45) is 0.965. The van der Waals surface area contributed by atoms with Crippen LogP contribution in [0.1, 0.15) is 12.5 Å². The van der Waals surface area contributed by atoms with Gasteiger partial charge in [0, 0.05) is 0 Å². The lowest BCUT2D eigenvalue weighted by atomic mass is 10.1. The average Bonchev–Trinajstić information content (AvgIpc) is 2.40. The summed E-state index contributed by atoms with van der Waals surface area (Å²) in [7, 11) is 0. The molecular weight excluding hydrogens is 174 g/mol. The molecule has 1 aromatic rings. The van der Waals surface area contributed by atoms with E-state index in [2.05, 4.69) is 39.2 Å². The molecule has 0 spiro atoms. The van der Waals surface area contributed by atoms with Crippen molar-refractivity contribution in [2.24, 2.45) is 4.99 Å². The van der Waals surface area contributed by atoms with Gasteiger partial charge in [0.1, 0.15) is 0 Å². The summed E-state index contributed by atoms with van der Waals surface area (Å²) < 4.78 is 0. The summed E-state index contributed by atoms with van der Waals surface area (Å²) in [6.45, 7) is 2.04. The van der Waals surface area contributed by atoms with E-state index in [1.807, 2.05) is 6.92 Å². The number of aliphatic imine (C=N–C) groups is 1. The van der Waals surface area contributed by atoms with Gasteiger partial charge in [-0.2, -0.15) is 11.3 Å². The second kappa shape index (κ2) is 4.39. The van der Waals surface area contributed by atoms with Gasteiger partial charge in [-0.15, -0.1) is 0 Å². The van der Waals surface area contributed by atoms with Gasteiger partial charge < -0.3 is 0 Å². The lowest BCUT2D eigenvalue weighted by Crippen LogP contribution is -2.00. The lowest BCUT2D eigenvalue weighted by Gasteiger charge is -1.99. The summed E-state index contributed by atoms with van der Waals surface area (Å²) in [5, 5.41) is 6.60. The number of hydrogen-bond donors (Lipinski definition) is 0. The molecule has 0 N–H and O–H groups in total. The van der Waals surface area contributed by atoms with Gasteiger partial charge in [0.15, 0.2) is 0 Å². The van der Waals surface area contributed by atoms with E-state index in [9.17, 15) is 0 Å². The highest BCUT2D eigenvalue weighted by atomic mass is 32.1. The van der Waals surface area contributed by atoms with Gasteiger partial charge in [-0.1, -0.05) is 0 Å². The Labute approximate surface area is 75.8 Å². The third kappa shape index (κ3) is 2.93. The topological polar surface area (TPSA) is 12.4 Å². The monoisotopic (exact) mass is 183 g/mol. The molecule has 0 saturated heterocycles. The first-order chi connectivity index (χ1) is 5.33. The highest BCUT2D eigenvalue weighted by Gasteiger charge is 1.99. The first-order valence-corrected chi connectivity index (χ1v) is 4.76. The number of isothiocyanates is 1. The Morgan fingerprint density at radius 3 is 3.18 bits per heavy atom. The smallest absolute Gasteiger partial charge is 0.0615 e. The van der Waals surface area contributed by atoms with Crippen molar-refractivity contribution >= 4 is 28.7 Å². The van der Waals surface area contributed by atoms with Crippen molar-refractivity contribution in [1.29, 1.82) is 0 Å². The maximum atomic E-state index is 4.51. The van der Waals surface area contributed by atoms with Gasteiger partial charge >= 0.3 is 0 Å². The summed E-state index contributed by atoms with van der Waals surface area (Å²) in [5.41, 5.74) is 1.33. The summed E-state index contributed by atoms with van der Waals surface area (Å²) in [6, 6.07) is 2.38. The first kappa shape index (κ1) is 8.60. The molecular formula is C8H9NS2. The molecule has 1 atom stereocenters. The third-order valence-corrected chi connectivity index (χ3v) is 2.22. The van der Waals surface area contributed by atoms with Crippen LogP contribution in [0, 0.1) is 0 Å². The molecule has 0 saturated carbocycles. The molecule has 3 heteroatoms. The average molecular weight is 183 g/mol. The maximum absolute atomic E-state index is 4.51. The van der Waals surface area contributed by atoms with E-state index in [4.69, 9.17) is 0 Å². The minimum atomic E-state index is 0.266. The molecule has 0 aliphatic carbocycles. The van der Waals surface area contributed by atoms with Crippen LogP contribution in [0.2, 0.25) is 0 Å². The predicted octanol–water partition coefficient (Wildman–Crippen LogP) is 2.78. The van der Waals surface area contributed by atoms with E-state index >= 15 is 0 Å². The van der Waals surface area contributed by atoms with Crippen molar-refractivity contribution in [1.82, 2.24) is 0 Å². The molecule has 1 rings (SSSR count). The normalized spacial score (nSPS) is 12.1. The molecule has 0 bridgehead atoms. The van der Waals surface area contributed by atoms with Crippen LogP contribution in [-0.4, -0.2) is 11.2 Å². The number of thiophene rings is 1. The van der Waals surface area contributed by atoms with Crippen LogP contribution >= 0.6 is 23.6 Å². The number of rotatable bonds is 3. The standard InChI is InChI=1S/C8H9NS2/c1-7(9-6-10)4-8-2-3-11-5-8/h2-3,5,7H,4H2,1H3. The maximum Gasteiger partial charge on any atom is 0.0615 e. The van der Waals surface area contributed by atoms with E-state index in [1.165, 1.54) is 5.56 Å². The Morgan fingerprint density at radius 2 is 2.64 bits per heavy atom.